The van der Waals surface area contributed by atoms with Crippen LogP contribution in [0.25, 0.3) is 0 Å². The first kappa shape index (κ1) is 20.9. The normalized spacial score (nSPS) is 17.1. The number of carbonyl (C=O) groups is 1. The highest BCUT2D eigenvalue weighted by molar-refractivity contribution is 6.30. The van der Waals surface area contributed by atoms with E-state index in [4.69, 9.17) is 21.3 Å². The number of benzene rings is 1. The fourth-order valence-corrected chi connectivity index (χ4v) is 4.56. The van der Waals surface area contributed by atoms with Crippen LogP contribution >= 0.6 is 11.6 Å². The molecule has 3 heterocycles. The molecule has 0 unspecified atom stereocenters. The lowest BCUT2D eigenvalue weighted by Gasteiger charge is -2.39. The Morgan fingerprint density at radius 1 is 1.20 bits per heavy atom. The number of piperazine rings is 1. The van der Waals surface area contributed by atoms with Gasteiger partial charge in [0.15, 0.2) is 5.84 Å². The molecule has 2 aliphatic rings. The zero-order chi connectivity index (χ0) is 21.5. The Morgan fingerprint density at radius 2 is 1.93 bits per heavy atom. The molecule has 1 aromatic carbocycles. The van der Waals surface area contributed by atoms with Gasteiger partial charge in [0.25, 0.3) is 0 Å². The molecule has 0 N–H and O–H groups in total. The Balaban J connectivity index is 1.56. The molecular formula is C23H29ClN4O2. The van der Waals surface area contributed by atoms with E-state index < -0.39 is 5.41 Å². The van der Waals surface area contributed by atoms with E-state index in [9.17, 15) is 4.79 Å². The van der Waals surface area contributed by atoms with Crippen LogP contribution in [0.2, 0.25) is 5.02 Å². The topological polar surface area (TPSA) is 50.1 Å². The summed E-state index contributed by atoms with van der Waals surface area (Å²) in [5, 5.41) is 0.736. The zero-order valence-corrected chi connectivity index (χ0v) is 18.9. The van der Waals surface area contributed by atoms with E-state index in [1.807, 2.05) is 32.0 Å². The number of esters is 1. The van der Waals surface area contributed by atoms with Crippen molar-refractivity contribution in [1.82, 2.24) is 14.4 Å². The van der Waals surface area contributed by atoms with Crippen molar-refractivity contribution in [3.05, 3.63) is 52.3 Å². The van der Waals surface area contributed by atoms with Crippen molar-refractivity contribution < 1.29 is 9.53 Å². The minimum absolute atomic E-state index is 0.165. The Hall–Kier alpha value is -2.31. The second kappa shape index (κ2) is 8.08. The van der Waals surface area contributed by atoms with Crippen molar-refractivity contribution in [1.29, 1.82) is 0 Å². The van der Waals surface area contributed by atoms with E-state index in [2.05, 4.69) is 33.6 Å². The number of aryl methyl sites for hydroxylation is 1. The summed E-state index contributed by atoms with van der Waals surface area (Å²) >= 11 is 6.24. The second-order valence-electron chi connectivity index (χ2n) is 8.88. The number of fused-ring (bicyclic) bond motifs is 2. The van der Waals surface area contributed by atoms with E-state index >= 15 is 0 Å². The predicted molar refractivity (Wildman–Crippen MR) is 120 cm³/mol. The molecule has 1 fully saturated rings. The highest BCUT2D eigenvalue weighted by Crippen LogP contribution is 2.30. The Morgan fingerprint density at radius 3 is 2.63 bits per heavy atom. The van der Waals surface area contributed by atoms with Gasteiger partial charge in [-0.25, -0.2) is 4.99 Å². The third kappa shape index (κ3) is 4.12. The molecule has 0 bridgehead atoms. The summed E-state index contributed by atoms with van der Waals surface area (Å²) < 4.78 is 7.23. The van der Waals surface area contributed by atoms with Crippen LogP contribution in [-0.2, 0) is 16.1 Å². The van der Waals surface area contributed by atoms with Gasteiger partial charge in [-0.2, -0.15) is 0 Å². The molecule has 2 aliphatic heterocycles. The third-order valence-corrected chi connectivity index (χ3v) is 6.13. The number of hydrogen-bond acceptors (Lipinski definition) is 5. The number of rotatable bonds is 3. The molecule has 1 aromatic heterocycles. The van der Waals surface area contributed by atoms with E-state index in [0.29, 0.717) is 6.54 Å². The fourth-order valence-electron chi connectivity index (χ4n) is 4.37. The van der Waals surface area contributed by atoms with Gasteiger partial charge < -0.3 is 14.2 Å². The van der Waals surface area contributed by atoms with E-state index in [1.165, 1.54) is 12.7 Å². The van der Waals surface area contributed by atoms with Crippen molar-refractivity contribution in [2.45, 2.75) is 27.3 Å². The maximum absolute atomic E-state index is 12.0. The van der Waals surface area contributed by atoms with Crippen LogP contribution in [0.15, 0.2) is 35.5 Å². The molecule has 0 radical (unpaired) electrons. The van der Waals surface area contributed by atoms with Crippen LogP contribution in [0.5, 0.6) is 0 Å². The lowest BCUT2D eigenvalue weighted by atomic mass is 9.92. The number of halogens is 1. The van der Waals surface area contributed by atoms with Gasteiger partial charge >= 0.3 is 5.97 Å². The molecule has 2 aromatic rings. The fraction of sp³-hybridized carbons (Fsp3) is 0.478. The van der Waals surface area contributed by atoms with Gasteiger partial charge in [-0.15, -0.1) is 0 Å². The average Bonchev–Trinajstić information content (AvgIpc) is 3.00. The number of amidine groups is 1. The number of methoxy groups -OCH3 is 1. The molecule has 30 heavy (non-hydrogen) atoms. The summed E-state index contributed by atoms with van der Waals surface area (Å²) in [6, 6.07) is 8.13. The minimum Gasteiger partial charge on any atom is -0.469 e. The van der Waals surface area contributed by atoms with E-state index in [-0.39, 0.29) is 5.97 Å². The monoisotopic (exact) mass is 428 g/mol. The molecule has 0 atom stereocenters. The quantitative estimate of drug-likeness (QED) is 0.699. The molecule has 7 heteroatoms. The first-order valence-electron chi connectivity index (χ1n) is 10.4. The van der Waals surface area contributed by atoms with Crippen molar-refractivity contribution >= 4 is 29.1 Å². The van der Waals surface area contributed by atoms with Gasteiger partial charge in [0.1, 0.15) is 0 Å². The number of aromatic nitrogens is 1. The number of ether oxygens (including phenoxy) is 1. The Kier molecular flexibility index (Phi) is 5.64. The molecule has 0 amide bonds. The summed E-state index contributed by atoms with van der Waals surface area (Å²) in [6.45, 7) is 10.9. The first-order valence-corrected chi connectivity index (χ1v) is 10.7. The lowest BCUT2D eigenvalue weighted by molar-refractivity contribution is -0.152. The zero-order valence-electron chi connectivity index (χ0n) is 18.1. The summed E-state index contributed by atoms with van der Waals surface area (Å²) in [7, 11) is 1.45. The van der Waals surface area contributed by atoms with Crippen LogP contribution in [0.1, 0.15) is 30.7 Å². The van der Waals surface area contributed by atoms with Crippen molar-refractivity contribution in [3.8, 4) is 0 Å². The standard InChI is InChI=1S/C23H29ClN4O2/c1-16-11-20-21(25-19-6-5-18(24)12-17(19)14-28(20)13-16)27-9-7-26(8-10-27)15-23(2,3)22(29)30-4/h5-6,11-13H,7-10,14-15H2,1-4H3. The Bertz CT molecular complexity index is 987. The first-order chi connectivity index (χ1) is 14.3. The van der Waals surface area contributed by atoms with Crippen LogP contribution in [-0.4, -0.2) is 66.0 Å². The van der Waals surface area contributed by atoms with Crippen LogP contribution in [0, 0.1) is 12.3 Å². The number of aliphatic imine (C=N–C) groups is 1. The average molecular weight is 429 g/mol. The molecular weight excluding hydrogens is 400 g/mol. The van der Waals surface area contributed by atoms with Gasteiger partial charge in [-0.05, 0) is 56.2 Å². The summed E-state index contributed by atoms with van der Waals surface area (Å²) in [5.41, 5.74) is 3.96. The maximum Gasteiger partial charge on any atom is 0.312 e. The number of nitrogens with zero attached hydrogens (tertiary/aromatic N) is 4. The summed E-state index contributed by atoms with van der Waals surface area (Å²) in [6.07, 6.45) is 2.18. The van der Waals surface area contributed by atoms with Gasteiger partial charge in [0.2, 0.25) is 0 Å². The largest absolute Gasteiger partial charge is 0.469 e. The number of hydrogen-bond donors (Lipinski definition) is 0. The van der Waals surface area contributed by atoms with Crippen LogP contribution in [0.4, 0.5) is 5.69 Å². The van der Waals surface area contributed by atoms with Crippen molar-refractivity contribution in [2.75, 3.05) is 39.8 Å². The second-order valence-corrected chi connectivity index (χ2v) is 9.31. The van der Waals surface area contributed by atoms with Gasteiger partial charge in [0, 0.05) is 50.5 Å². The molecule has 0 saturated carbocycles. The number of carbonyl (C=O) groups excluding carboxylic acids is 1. The van der Waals surface area contributed by atoms with Gasteiger partial charge in [0.05, 0.1) is 23.9 Å². The smallest absolute Gasteiger partial charge is 0.312 e. The molecule has 0 aliphatic carbocycles. The molecule has 0 spiro atoms. The molecule has 160 valence electrons. The highest BCUT2D eigenvalue weighted by Gasteiger charge is 2.33. The SMILES string of the molecule is COC(=O)C(C)(C)CN1CCN(C2=Nc3ccc(Cl)cc3Cn3cc(C)cc32)CC1. The van der Waals surface area contributed by atoms with Crippen LogP contribution < -0.4 is 0 Å². The molecule has 4 rings (SSSR count). The maximum atomic E-state index is 12.0. The highest BCUT2D eigenvalue weighted by atomic mass is 35.5. The summed E-state index contributed by atoms with van der Waals surface area (Å²) in [5.74, 6) is 0.845. The van der Waals surface area contributed by atoms with Crippen LogP contribution in [0.3, 0.4) is 0 Å². The lowest BCUT2D eigenvalue weighted by Crippen LogP contribution is -2.52. The third-order valence-electron chi connectivity index (χ3n) is 5.90. The van der Waals surface area contributed by atoms with Crippen molar-refractivity contribution in [2.24, 2.45) is 10.4 Å². The molecule has 6 nitrogen and oxygen atoms in total. The van der Waals surface area contributed by atoms with E-state index in [0.717, 1.165) is 60.5 Å². The van der Waals surface area contributed by atoms with Gasteiger partial charge in [-0.3, -0.25) is 9.69 Å². The van der Waals surface area contributed by atoms with E-state index in [1.54, 1.807) is 0 Å². The summed E-state index contributed by atoms with van der Waals surface area (Å²) in [4.78, 5) is 21.8. The molecule has 1 saturated heterocycles. The van der Waals surface area contributed by atoms with Crippen molar-refractivity contribution in [3.63, 3.8) is 0 Å². The Labute approximate surface area is 183 Å². The van der Waals surface area contributed by atoms with Gasteiger partial charge in [-0.1, -0.05) is 11.6 Å². The minimum atomic E-state index is -0.513. The predicted octanol–water partition coefficient (Wildman–Crippen LogP) is 3.71.